The van der Waals surface area contributed by atoms with Crippen molar-refractivity contribution in [2.45, 2.75) is 148 Å². The fourth-order valence-electron chi connectivity index (χ4n) is 17.1. The lowest BCUT2D eigenvalue weighted by molar-refractivity contribution is -0.183. The number of thiol groups is 1. The average Bonchev–Trinajstić information content (AvgIpc) is 1.55. The van der Waals surface area contributed by atoms with Gasteiger partial charge in [0.05, 0.1) is 89.6 Å². The van der Waals surface area contributed by atoms with Crippen molar-refractivity contribution in [3.8, 4) is 0 Å². The zero-order valence-electron chi connectivity index (χ0n) is 67.3. The third-order valence-corrected chi connectivity index (χ3v) is 32.5. The number of hydrogen-bond donors (Lipinski definition) is 15. The number of anilines is 6. The van der Waals surface area contributed by atoms with Gasteiger partial charge in [0.2, 0.25) is 17.8 Å². The number of nitrogens with zero attached hydrogens (tertiary/aromatic N) is 15. The SMILES string of the molecule is Nc1nc2c(ncn2[C@@H]2O[C@@H]3COP(O)(=S)O[C@H]4C[C@H](n5ccc6c(N)ccnc65)OC4COP(=O)(S)O[C@@H]2C3)c(=O)[nH]1.Nc1nc2c(ncn2[C@@H]2O[C@@H]3COP(O)(=S)O[C@H]4C[C@H](n5ccc6c(N)ccnc65)OC4COP(O)(=S)O[C@@H]2C3)c(=O)[nH]1.Nc1nc2c(ncn2[C@@H]2O[C@@H]3COP(O)(=S)O[C@H]4[C@H]5OC[C@]4(COP(O)(=S)O[C@@H]2[C@H]3F)O[C@H]5n2ccc3c(N)ccnc32)c(=O)[nH]1. The lowest BCUT2D eigenvalue weighted by atomic mass is 10.0. The van der Waals surface area contributed by atoms with Crippen LogP contribution in [0.5, 0.6) is 0 Å². The summed E-state index contributed by atoms with van der Waals surface area (Å²) in [6.07, 6.45) is -4.20. The fraction of sp³-hybridized carbons (Fsp3) is 0.463. The number of halogens is 1. The van der Waals surface area contributed by atoms with Gasteiger partial charge in [-0.2, -0.15) is 15.0 Å². The number of aromatic nitrogens is 18. The Bertz CT molecular complexity index is 6800. The number of alkyl halides is 1. The minimum Gasteiger partial charge on any atom is -0.398 e. The third-order valence-electron chi connectivity index (χ3n) is 23.0. The van der Waals surface area contributed by atoms with E-state index in [9.17, 15) is 43.4 Å². The Hall–Kier alpha value is -7.28. The van der Waals surface area contributed by atoms with Crippen molar-refractivity contribution >= 4 is 213 Å². The molecule has 0 saturated carbocycles. The molecule has 0 radical (unpaired) electrons. The highest BCUT2D eigenvalue weighted by atomic mass is 32.7. The molecule has 10 fully saturated rings. The molecule has 52 nitrogen and oxygen atoms in total. The van der Waals surface area contributed by atoms with Gasteiger partial charge in [0, 0.05) is 96.1 Å². The summed E-state index contributed by atoms with van der Waals surface area (Å²) in [6, 6.07) is 10.5. The highest BCUT2D eigenvalue weighted by Gasteiger charge is 2.66. The third kappa shape index (κ3) is 18.1. The number of nitrogen functional groups attached to an aromatic ring is 6. The van der Waals surface area contributed by atoms with Crippen LogP contribution in [0.15, 0.2) is 107 Å². The summed E-state index contributed by atoms with van der Waals surface area (Å²) in [5.41, 5.74) is 35.7. The molecule has 0 amide bonds. The summed E-state index contributed by atoms with van der Waals surface area (Å²) in [5, 5.41) is 2.17. The molecule has 12 aromatic heterocycles. The van der Waals surface area contributed by atoms with Gasteiger partial charge in [0.1, 0.15) is 83.8 Å². The van der Waals surface area contributed by atoms with Gasteiger partial charge in [0.25, 0.3) is 16.7 Å². The summed E-state index contributed by atoms with van der Waals surface area (Å²) < 4.78 is 151. The molecule has 0 aliphatic carbocycles. The van der Waals surface area contributed by atoms with Gasteiger partial charge in [-0.05, 0) is 95.4 Å². The van der Waals surface area contributed by atoms with Gasteiger partial charge >= 0.3 is 40.4 Å². The molecular weight excluding hydrogens is 1990 g/mol. The Morgan fingerprint density at radius 3 is 1.30 bits per heavy atom. The Morgan fingerprint density at radius 1 is 0.417 bits per heavy atom. The topological polar surface area (TPSA) is 694 Å². The van der Waals surface area contributed by atoms with Crippen LogP contribution in [-0.2, 0) is 151 Å². The molecule has 65 heteroatoms. The first-order valence-corrected chi connectivity index (χ1v) is 55.4. The zero-order chi connectivity index (χ0) is 92.4. The van der Waals surface area contributed by atoms with Gasteiger partial charge in [-0.3, -0.25) is 61.1 Å². The lowest BCUT2D eigenvalue weighted by Crippen LogP contribution is -2.45. The van der Waals surface area contributed by atoms with Crippen molar-refractivity contribution in [2.75, 3.05) is 80.7 Å². The minimum atomic E-state index is -4.28. The average molecular weight is 2060 g/mol. The summed E-state index contributed by atoms with van der Waals surface area (Å²) in [6.45, 7) is -26.1. The van der Waals surface area contributed by atoms with Crippen molar-refractivity contribution in [1.29, 1.82) is 0 Å². The molecule has 12 aromatic rings. The maximum atomic E-state index is 16.0. The number of fused-ring (bicyclic) bond motifs is 14. The van der Waals surface area contributed by atoms with E-state index in [2.05, 4.69) is 72.1 Å². The number of aromatic amines is 3. The maximum absolute atomic E-state index is 16.0. The Morgan fingerprint density at radius 2 is 0.818 bits per heavy atom. The predicted octanol–water partition coefficient (Wildman–Crippen LogP) is 3.63. The van der Waals surface area contributed by atoms with Gasteiger partial charge in [-0.15, -0.1) is 0 Å². The number of ether oxygens (including phenoxy) is 7. The molecule has 10 aliphatic rings. The largest absolute Gasteiger partial charge is 0.398 e. The van der Waals surface area contributed by atoms with E-state index in [4.69, 9.17) is 181 Å². The van der Waals surface area contributed by atoms with E-state index in [1.807, 2.05) is 12.1 Å². The summed E-state index contributed by atoms with van der Waals surface area (Å²) >= 11 is 30.9. The van der Waals surface area contributed by atoms with Crippen LogP contribution < -0.4 is 51.1 Å². The summed E-state index contributed by atoms with van der Waals surface area (Å²) in [4.78, 5) is 138. The molecule has 10 saturated heterocycles. The molecule has 132 heavy (non-hydrogen) atoms. The highest BCUT2D eigenvalue weighted by Crippen LogP contribution is 2.62. The normalized spacial score (nSPS) is 36.9. The first kappa shape index (κ1) is 92.4. The Kier molecular flexibility index (Phi) is 24.7. The van der Waals surface area contributed by atoms with Crippen molar-refractivity contribution in [3.05, 3.63) is 124 Å². The lowest BCUT2D eigenvalue weighted by Gasteiger charge is -2.33. The van der Waals surface area contributed by atoms with E-state index < -0.39 is 193 Å². The molecule has 20 N–H and O–H groups in total. The zero-order valence-corrected chi connectivity index (χ0v) is 77.6. The van der Waals surface area contributed by atoms with Crippen molar-refractivity contribution in [1.82, 2.24) is 87.2 Å². The van der Waals surface area contributed by atoms with Crippen LogP contribution in [0, 0.1) is 0 Å². The standard InChI is InChI=1S/C23H25FN8O10P2S2.2C22H26N8O9P2S2/c24-12-11-5-37-43(34,45)42-16-15-21(31-4-2-9-10(25)1-3-27-17(9)31)40-23(16,6-36-15)7-38-44(35,46)41-14(12)20(39-11)32-8-28-13-18(32)29-22(26)30-19(13)33;2*23-12-1-3-25-18-11(12)2-4-29(18)16-6-13-15(37-16)8-35-41(33,43)39-14-5-10(7-34-40(32,42)38-13)36-21(14)30-9-26-17-19(30)27-22(24)28-20(17)31/h1-4,8,11-12,14-16,20-21H,5-7H2,(H2,25,27)(H,34,45)(H,35,46)(H3,26,29,30,33);2*1-4,9-10,13-16,21H,5-8H2,(H2,23,25)(H,32,42)(H,33,43)(H3,24,27,28,31)/t11-,12+,14-,15-,16+,20-,21-,23-,43?,44?;2*10-,13-,14+,15?,16+,21+,40?,41?/m100/s1. The molecule has 8 unspecified atom stereocenters. The monoisotopic (exact) mass is 2060 g/mol. The fourth-order valence-corrected chi connectivity index (χ4v) is 25.9. The Labute approximate surface area is 768 Å². The molecule has 706 valence electrons. The molecule has 22 rings (SSSR count). The maximum Gasteiger partial charge on any atom is 0.386 e. The van der Waals surface area contributed by atoms with E-state index in [0.29, 0.717) is 39.4 Å². The molecule has 22 heterocycles. The van der Waals surface area contributed by atoms with Gasteiger partial charge in [-0.1, -0.05) is 12.2 Å². The number of hydrogen-bond acceptors (Lipinski definition) is 43. The number of nitrogens with one attached hydrogen (secondary N) is 3. The van der Waals surface area contributed by atoms with Crippen LogP contribution in [0.25, 0.3) is 66.6 Å². The highest BCUT2D eigenvalue weighted by molar-refractivity contribution is 8.44. The second-order valence-corrected chi connectivity index (χ2v) is 48.3. The smallest absolute Gasteiger partial charge is 0.386 e. The molecule has 0 aromatic carbocycles. The summed E-state index contributed by atoms with van der Waals surface area (Å²) in [5.74, 6) is -0.480. The van der Waals surface area contributed by atoms with Crippen LogP contribution >= 0.6 is 52.6 Å². The van der Waals surface area contributed by atoms with Gasteiger partial charge < -0.3 is 142 Å². The quantitative estimate of drug-likeness (QED) is 0.0834. The van der Waals surface area contributed by atoms with E-state index in [0.717, 1.165) is 10.8 Å². The molecule has 8 bridgehead atoms. The minimum absolute atomic E-state index is 0.0163. The van der Waals surface area contributed by atoms with Crippen LogP contribution in [0.3, 0.4) is 0 Å². The van der Waals surface area contributed by atoms with Crippen LogP contribution in [0.1, 0.15) is 63.1 Å². The van der Waals surface area contributed by atoms with E-state index in [1.165, 1.54) is 32.7 Å². The van der Waals surface area contributed by atoms with Crippen LogP contribution in [-0.4, -0.2) is 243 Å². The second kappa shape index (κ2) is 35.3. The first-order valence-electron chi connectivity index (χ1n) is 39.7. The Balaban J connectivity index is 0.000000123. The van der Waals surface area contributed by atoms with E-state index >= 15 is 4.39 Å². The van der Waals surface area contributed by atoms with Crippen molar-refractivity contribution in [3.63, 3.8) is 0 Å². The molecule has 26 atom stereocenters. The number of pyridine rings is 3. The predicted molar refractivity (Wildman–Crippen MR) is 480 cm³/mol. The van der Waals surface area contributed by atoms with Crippen molar-refractivity contribution in [2.24, 2.45) is 0 Å². The van der Waals surface area contributed by atoms with Crippen LogP contribution in [0.2, 0.25) is 0 Å². The number of rotatable bonds is 6. The van der Waals surface area contributed by atoms with Gasteiger partial charge in [0.15, 0.2) is 64.6 Å². The molecule has 10 aliphatic heterocycles. The number of imidazole rings is 3. The first-order chi connectivity index (χ1) is 62.8. The van der Waals surface area contributed by atoms with Crippen molar-refractivity contribution < 1.29 is 121 Å². The van der Waals surface area contributed by atoms with Gasteiger partial charge in [-0.25, -0.2) is 38.9 Å². The second-order valence-electron chi connectivity index (χ2n) is 31.5. The molecule has 0 spiro atoms. The van der Waals surface area contributed by atoms with E-state index in [1.54, 1.807) is 75.1 Å². The van der Waals surface area contributed by atoms with Crippen LogP contribution in [0.4, 0.5) is 39.3 Å². The van der Waals surface area contributed by atoms with E-state index in [-0.39, 0.29) is 110 Å². The summed E-state index contributed by atoms with van der Waals surface area (Å²) in [7, 11) is 0. The number of H-pyrrole nitrogens is 3. The molecular formula is C67H77FN24O28P6S6. The number of nitrogens with two attached hydrogens (primary N) is 6.